The van der Waals surface area contributed by atoms with Crippen molar-refractivity contribution in [2.24, 2.45) is 10.4 Å². The molecule has 20 heavy (non-hydrogen) atoms. The van der Waals surface area contributed by atoms with E-state index in [1.807, 2.05) is 11.8 Å². The summed E-state index contributed by atoms with van der Waals surface area (Å²) in [6.07, 6.45) is 4.73. The Morgan fingerprint density at radius 1 is 1.25 bits per heavy atom. The molecule has 0 aromatic heterocycles. The summed E-state index contributed by atoms with van der Waals surface area (Å²) in [6, 6.07) is 0. The molecule has 0 fully saturated rings. The Hall–Kier alpha value is 0.310. The number of halogens is 1. The number of aliphatic imine (C=N–C) groups is 1. The van der Waals surface area contributed by atoms with Crippen LogP contribution in [0.4, 0.5) is 0 Å². The number of ether oxygens (including phenoxy) is 1. The van der Waals surface area contributed by atoms with Crippen molar-refractivity contribution in [2.75, 3.05) is 39.3 Å². The van der Waals surface area contributed by atoms with E-state index in [0.717, 1.165) is 19.0 Å². The fourth-order valence-electron chi connectivity index (χ4n) is 1.73. The zero-order chi connectivity index (χ0) is 14.7. The van der Waals surface area contributed by atoms with Gasteiger partial charge in [-0.3, -0.25) is 4.99 Å². The van der Waals surface area contributed by atoms with E-state index in [-0.39, 0.29) is 35.5 Å². The van der Waals surface area contributed by atoms with Crippen molar-refractivity contribution >= 4 is 41.7 Å². The smallest absolute Gasteiger partial charge is 0.191 e. The van der Waals surface area contributed by atoms with Crippen LogP contribution in [0.5, 0.6) is 0 Å². The van der Waals surface area contributed by atoms with Crippen molar-refractivity contribution < 1.29 is 4.74 Å². The van der Waals surface area contributed by atoms with Crippen LogP contribution in [0.2, 0.25) is 0 Å². The van der Waals surface area contributed by atoms with Gasteiger partial charge in [-0.25, -0.2) is 0 Å². The van der Waals surface area contributed by atoms with E-state index in [9.17, 15) is 0 Å². The number of hydrogen-bond acceptors (Lipinski definition) is 3. The summed E-state index contributed by atoms with van der Waals surface area (Å²) in [7, 11) is 3.56. The lowest BCUT2D eigenvalue weighted by atomic mass is 9.89. The zero-order valence-corrected chi connectivity index (χ0v) is 16.9. The molecule has 0 aliphatic carbocycles. The third-order valence-corrected chi connectivity index (χ3v) is 3.69. The summed E-state index contributed by atoms with van der Waals surface area (Å²) in [5.74, 6) is 2.08. The lowest BCUT2D eigenvalue weighted by molar-refractivity contribution is 0.0205. The van der Waals surface area contributed by atoms with Gasteiger partial charge in [0.2, 0.25) is 0 Å². The molecular formula is C14H32IN3OS. The van der Waals surface area contributed by atoms with Gasteiger partial charge < -0.3 is 15.4 Å². The molecule has 2 N–H and O–H groups in total. The average Bonchev–Trinajstić information content (AvgIpc) is 2.35. The van der Waals surface area contributed by atoms with E-state index >= 15 is 0 Å². The summed E-state index contributed by atoms with van der Waals surface area (Å²) in [6.45, 7) is 8.28. The largest absolute Gasteiger partial charge is 0.379 e. The maximum atomic E-state index is 5.52. The van der Waals surface area contributed by atoms with Gasteiger partial charge in [-0.15, -0.1) is 24.0 Å². The molecule has 0 aromatic carbocycles. The SMILES string of the molecule is CN=C(NCCCCSC)NCC(OC)C(C)(C)C.I. The molecule has 0 amide bonds. The molecule has 0 rings (SSSR count). The van der Waals surface area contributed by atoms with E-state index in [0.29, 0.717) is 0 Å². The van der Waals surface area contributed by atoms with Gasteiger partial charge in [0, 0.05) is 27.2 Å². The van der Waals surface area contributed by atoms with Gasteiger partial charge in [-0.2, -0.15) is 11.8 Å². The summed E-state index contributed by atoms with van der Waals surface area (Å²) in [5, 5.41) is 6.66. The highest BCUT2D eigenvalue weighted by Gasteiger charge is 2.24. The molecular weight excluding hydrogens is 385 g/mol. The third-order valence-electron chi connectivity index (χ3n) is 3.00. The summed E-state index contributed by atoms with van der Waals surface area (Å²) < 4.78 is 5.52. The number of guanidine groups is 1. The topological polar surface area (TPSA) is 45.7 Å². The van der Waals surface area contributed by atoms with Crippen molar-refractivity contribution in [2.45, 2.75) is 39.7 Å². The Balaban J connectivity index is 0. The fourth-order valence-corrected chi connectivity index (χ4v) is 2.22. The molecule has 0 aromatic rings. The highest BCUT2D eigenvalue weighted by molar-refractivity contribution is 14.0. The van der Waals surface area contributed by atoms with Crippen molar-refractivity contribution in [1.82, 2.24) is 10.6 Å². The lowest BCUT2D eigenvalue weighted by Crippen LogP contribution is -2.45. The number of nitrogens with zero attached hydrogens (tertiary/aromatic N) is 1. The normalized spacial score (nSPS) is 13.6. The molecule has 0 heterocycles. The minimum atomic E-state index is 0. The van der Waals surface area contributed by atoms with E-state index in [2.05, 4.69) is 42.7 Å². The van der Waals surface area contributed by atoms with Crippen LogP contribution in [0.15, 0.2) is 4.99 Å². The maximum absolute atomic E-state index is 5.52. The van der Waals surface area contributed by atoms with Crippen molar-refractivity contribution in [3.63, 3.8) is 0 Å². The van der Waals surface area contributed by atoms with Crippen molar-refractivity contribution in [1.29, 1.82) is 0 Å². The number of rotatable bonds is 8. The third kappa shape index (κ3) is 11.0. The van der Waals surface area contributed by atoms with Crippen molar-refractivity contribution in [3.05, 3.63) is 0 Å². The maximum Gasteiger partial charge on any atom is 0.191 e. The van der Waals surface area contributed by atoms with E-state index in [4.69, 9.17) is 4.74 Å². The van der Waals surface area contributed by atoms with Gasteiger partial charge in [-0.05, 0) is 30.3 Å². The second-order valence-electron chi connectivity index (χ2n) is 5.67. The Kier molecular flexibility index (Phi) is 14.7. The Bertz CT molecular complexity index is 257. The van der Waals surface area contributed by atoms with Crippen LogP contribution in [0, 0.1) is 5.41 Å². The average molecular weight is 417 g/mol. The van der Waals surface area contributed by atoms with Crippen LogP contribution in [0.1, 0.15) is 33.6 Å². The number of hydrogen-bond donors (Lipinski definition) is 2. The summed E-state index contributed by atoms with van der Waals surface area (Å²) in [4.78, 5) is 4.23. The first-order valence-electron chi connectivity index (χ1n) is 6.92. The Morgan fingerprint density at radius 3 is 2.35 bits per heavy atom. The Labute approximate surface area is 146 Å². The lowest BCUT2D eigenvalue weighted by Gasteiger charge is -2.30. The molecule has 0 aliphatic heterocycles. The second-order valence-corrected chi connectivity index (χ2v) is 6.66. The van der Waals surface area contributed by atoms with E-state index in [1.165, 1.54) is 18.6 Å². The molecule has 1 unspecified atom stereocenters. The molecule has 122 valence electrons. The first-order chi connectivity index (χ1) is 8.95. The molecule has 1 atom stereocenters. The van der Waals surface area contributed by atoms with E-state index in [1.54, 1.807) is 14.2 Å². The molecule has 0 bridgehead atoms. The molecule has 6 heteroatoms. The first-order valence-corrected chi connectivity index (χ1v) is 8.31. The molecule has 0 spiro atoms. The molecule has 0 radical (unpaired) electrons. The van der Waals surface area contributed by atoms with Crippen LogP contribution in [0.3, 0.4) is 0 Å². The fraction of sp³-hybridized carbons (Fsp3) is 0.929. The minimum Gasteiger partial charge on any atom is -0.379 e. The molecule has 4 nitrogen and oxygen atoms in total. The highest BCUT2D eigenvalue weighted by atomic mass is 127. The summed E-state index contributed by atoms with van der Waals surface area (Å²) >= 11 is 1.90. The predicted octanol–water partition coefficient (Wildman–Crippen LogP) is 2.97. The Morgan fingerprint density at radius 2 is 1.90 bits per heavy atom. The number of nitrogens with one attached hydrogen (secondary N) is 2. The van der Waals surface area contributed by atoms with Gasteiger partial charge in [0.25, 0.3) is 0 Å². The molecule has 0 saturated heterocycles. The van der Waals surface area contributed by atoms with Crippen LogP contribution in [0.25, 0.3) is 0 Å². The van der Waals surface area contributed by atoms with Gasteiger partial charge in [0.15, 0.2) is 5.96 Å². The monoisotopic (exact) mass is 417 g/mol. The van der Waals surface area contributed by atoms with Gasteiger partial charge in [0.1, 0.15) is 0 Å². The standard InChI is InChI=1S/C14H31N3OS.HI/c1-14(2,3)12(18-5)11-17-13(15-4)16-9-7-8-10-19-6;/h12H,7-11H2,1-6H3,(H2,15,16,17);1H. The second kappa shape index (κ2) is 13.0. The number of methoxy groups -OCH3 is 1. The highest BCUT2D eigenvalue weighted by Crippen LogP contribution is 2.20. The summed E-state index contributed by atoms with van der Waals surface area (Å²) in [5.41, 5.74) is 0.124. The van der Waals surface area contributed by atoms with Crippen LogP contribution in [-0.2, 0) is 4.74 Å². The van der Waals surface area contributed by atoms with Crippen molar-refractivity contribution in [3.8, 4) is 0 Å². The zero-order valence-electron chi connectivity index (χ0n) is 13.8. The predicted molar refractivity (Wildman–Crippen MR) is 103 cm³/mol. The minimum absolute atomic E-state index is 0. The van der Waals surface area contributed by atoms with Crippen LogP contribution >= 0.6 is 35.7 Å². The first kappa shape index (κ1) is 22.6. The van der Waals surface area contributed by atoms with Gasteiger partial charge >= 0.3 is 0 Å². The number of thioether (sulfide) groups is 1. The van der Waals surface area contributed by atoms with Crippen LogP contribution in [-0.4, -0.2) is 51.3 Å². The van der Waals surface area contributed by atoms with Gasteiger partial charge in [0.05, 0.1) is 6.10 Å². The molecule has 0 saturated carbocycles. The number of unbranched alkanes of at least 4 members (excludes halogenated alkanes) is 1. The van der Waals surface area contributed by atoms with Gasteiger partial charge in [-0.1, -0.05) is 20.8 Å². The van der Waals surface area contributed by atoms with Crippen LogP contribution < -0.4 is 10.6 Å². The van der Waals surface area contributed by atoms with E-state index < -0.39 is 0 Å². The quantitative estimate of drug-likeness (QED) is 0.276. The molecule has 0 aliphatic rings.